The van der Waals surface area contributed by atoms with Crippen molar-refractivity contribution in [1.82, 2.24) is 4.98 Å². The summed E-state index contributed by atoms with van der Waals surface area (Å²) in [4.78, 5) is 3.31. The zero-order valence-electron chi connectivity index (χ0n) is 13.9. The van der Waals surface area contributed by atoms with Crippen LogP contribution in [-0.4, -0.2) is 13.4 Å². The van der Waals surface area contributed by atoms with E-state index in [1.807, 2.05) is 43.5 Å². The molecule has 0 saturated heterocycles. The second-order valence-electron chi connectivity index (χ2n) is 6.21. The molecule has 0 radical (unpaired) electrons. The van der Waals surface area contributed by atoms with Crippen LogP contribution in [0.15, 0.2) is 53.6 Å². The molecular weight excluding hydrogens is 334 g/mol. The van der Waals surface area contributed by atoms with Gasteiger partial charge in [-0.3, -0.25) is 0 Å². The molecule has 1 heterocycles. The Hall–Kier alpha value is -2.62. The highest BCUT2D eigenvalue weighted by Crippen LogP contribution is 2.32. The molecule has 0 aliphatic heterocycles. The van der Waals surface area contributed by atoms with E-state index < -0.39 is 10.0 Å². The quantitative estimate of drug-likeness (QED) is 0.735. The molecule has 0 fully saturated rings. The standard InChI is InChI=1S/C19H19N3O2S/c1-13-6-7-19(25(21,23)24)17(10-13)14(8-9-20)11-15-12-22-18-5-3-2-4-16(15)18/h2-7,10,12,14,22H,8,11H2,1H3,(H2,21,23,24). The van der Waals surface area contributed by atoms with Crippen LogP contribution in [0.1, 0.15) is 29.0 Å². The Morgan fingerprint density at radius 3 is 2.72 bits per heavy atom. The molecule has 3 aromatic rings. The molecule has 0 aliphatic carbocycles. The number of H-pyrrole nitrogens is 1. The molecule has 0 bridgehead atoms. The van der Waals surface area contributed by atoms with Crippen LogP contribution >= 0.6 is 0 Å². The largest absolute Gasteiger partial charge is 0.361 e. The highest BCUT2D eigenvalue weighted by Gasteiger charge is 2.22. The second-order valence-corrected chi connectivity index (χ2v) is 7.74. The third-order valence-corrected chi connectivity index (χ3v) is 5.38. The average molecular weight is 353 g/mol. The maximum absolute atomic E-state index is 12.0. The maximum Gasteiger partial charge on any atom is 0.238 e. The zero-order valence-corrected chi connectivity index (χ0v) is 14.7. The summed E-state index contributed by atoms with van der Waals surface area (Å²) >= 11 is 0. The van der Waals surface area contributed by atoms with Crippen LogP contribution in [0, 0.1) is 18.3 Å². The summed E-state index contributed by atoms with van der Waals surface area (Å²) in [6.07, 6.45) is 2.69. The van der Waals surface area contributed by atoms with Gasteiger partial charge in [-0.25, -0.2) is 13.6 Å². The summed E-state index contributed by atoms with van der Waals surface area (Å²) in [7, 11) is -3.85. The van der Waals surface area contributed by atoms with Crippen molar-refractivity contribution < 1.29 is 8.42 Å². The van der Waals surface area contributed by atoms with E-state index in [9.17, 15) is 13.7 Å². The number of fused-ring (bicyclic) bond motifs is 1. The van der Waals surface area contributed by atoms with Crippen LogP contribution in [-0.2, 0) is 16.4 Å². The Balaban J connectivity index is 2.08. The fraction of sp³-hybridized carbons (Fsp3) is 0.211. The van der Waals surface area contributed by atoms with Gasteiger partial charge in [0.25, 0.3) is 0 Å². The number of nitrogens with one attached hydrogen (secondary N) is 1. The number of primary sulfonamides is 1. The van der Waals surface area contributed by atoms with Gasteiger partial charge in [0.1, 0.15) is 0 Å². The van der Waals surface area contributed by atoms with Crippen LogP contribution in [0.2, 0.25) is 0 Å². The van der Waals surface area contributed by atoms with Crippen molar-refractivity contribution in [2.75, 3.05) is 0 Å². The van der Waals surface area contributed by atoms with E-state index in [1.165, 1.54) is 6.07 Å². The third-order valence-electron chi connectivity index (χ3n) is 4.39. The van der Waals surface area contributed by atoms with Crippen LogP contribution in [0.3, 0.4) is 0 Å². The van der Waals surface area contributed by atoms with Crippen molar-refractivity contribution in [1.29, 1.82) is 5.26 Å². The average Bonchev–Trinajstić information content (AvgIpc) is 2.96. The minimum Gasteiger partial charge on any atom is -0.361 e. The van der Waals surface area contributed by atoms with Gasteiger partial charge < -0.3 is 4.98 Å². The number of aryl methyl sites for hydroxylation is 1. The summed E-state index contributed by atoms with van der Waals surface area (Å²) in [5.74, 6) is -0.252. The molecule has 1 atom stereocenters. The summed E-state index contributed by atoms with van der Waals surface area (Å²) < 4.78 is 24.0. The zero-order chi connectivity index (χ0) is 18.0. The van der Waals surface area contributed by atoms with Gasteiger partial charge in [0.2, 0.25) is 10.0 Å². The molecule has 0 saturated carbocycles. The topological polar surface area (TPSA) is 99.7 Å². The highest BCUT2D eigenvalue weighted by molar-refractivity contribution is 7.89. The Kier molecular flexibility index (Phi) is 4.62. The van der Waals surface area contributed by atoms with E-state index in [2.05, 4.69) is 11.1 Å². The molecule has 1 aromatic heterocycles. The monoisotopic (exact) mass is 353 g/mol. The van der Waals surface area contributed by atoms with Gasteiger partial charge in [0, 0.05) is 29.4 Å². The third kappa shape index (κ3) is 3.58. The Morgan fingerprint density at radius 1 is 1.24 bits per heavy atom. The first kappa shape index (κ1) is 17.2. The first-order chi connectivity index (χ1) is 11.9. The number of aromatic amines is 1. The Bertz CT molecular complexity index is 1060. The van der Waals surface area contributed by atoms with Crippen LogP contribution in [0.5, 0.6) is 0 Å². The van der Waals surface area contributed by atoms with E-state index in [-0.39, 0.29) is 17.2 Å². The molecule has 25 heavy (non-hydrogen) atoms. The number of hydrogen-bond acceptors (Lipinski definition) is 3. The van der Waals surface area contributed by atoms with Crippen molar-refractivity contribution >= 4 is 20.9 Å². The number of nitriles is 1. The van der Waals surface area contributed by atoms with Gasteiger partial charge >= 0.3 is 0 Å². The van der Waals surface area contributed by atoms with Gasteiger partial charge in [0.05, 0.1) is 11.0 Å². The van der Waals surface area contributed by atoms with E-state index in [0.717, 1.165) is 22.0 Å². The maximum atomic E-state index is 12.0. The van der Waals surface area contributed by atoms with E-state index in [0.29, 0.717) is 12.0 Å². The van der Waals surface area contributed by atoms with E-state index in [4.69, 9.17) is 5.14 Å². The number of rotatable bonds is 5. The Labute approximate surface area is 147 Å². The van der Waals surface area contributed by atoms with Gasteiger partial charge in [0.15, 0.2) is 0 Å². The predicted molar refractivity (Wildman–Crippen MR) is 97.5 cm³/mol. The minimum atomic E-state index is -3.85. The number of benzene rings is 2. The van der Waals surface area contributed by atoms with Crippen molar-refractivity contribution in [3.8, 4) is 6.07 Å². The molecule has 0 amide bonds. The molecule has 128 valence electrons. The number of nitrogens with two attached hydrogens (primary N) is 1. The second kappa shape index (κ2) is 6.71. The lowest BCUT2D eigenvalue weighted by atomic mass is 9.89. The smallest absolute Gasteiger partial charge is 0.238 e. The van der Waals surface area contributed by atoms with Crippen LogP contribution in [0.25, 0.3) is 10.9 Å². The number of hydrogen-bond donors (Lipinski definition) is 2. The molecule has 0 aliphatic rings. The number of para-hydroxylation sites is 1. The number of sulfonamides is 1. The first-order valence-corrected chi connectivity index (χ1v) is 9.50. The SMILES string of the molecule is Cc1ccc(S(N)(=O)=O)c(C(CC#N)Cc2c[nH]c3ccccc23)c1. The predicted octanol–water partition coefficient (Wildman–Crippen LogP) is 3.36. The molecule has 3 N–H and O–H groups in total. The highest BCUT2D eigenvalue weighted by atomic mass is 32.2. The summed E-state index contributed by atoms with van der Waals surface area (Å²) in [5.41, 5.74) is 3.61. The lowest BCUT2D eigenvalue weighted by molar-refractivity contribution is 0.592. The molecule has 0 spiro atoms. The van der Waals surface area contributed by atoms with E-state index >= 15 is 0 Å². The van der Waals surface area contributed by atoms with Crippen molar-refractivity contribution in [2.24, 2.45) is 5.14 Å². The lowest BCUT2D eigenvalue weighted by Crippen LogP contribution is -2.17. The normalized spacial score (nSPS) is 12.8. The van der Waals surface area contributed by atoms with Gasteiger partial charge in [-0.1, -0.05) is 35.9 Å². The van der Waals surface area contributed by atoms with Gasteiger partial charge in [-0.15, -0.1) is 0 Å². The minimum absolute atomic E-state index is 0.0955. The molecule has 1 unspecified atom stereocenters. The summed E-state index contributed by atoms with van der Waals surface area (Å²) in [6.45, 7) is 1.89. The van der Waals surface area contributed by atoms with Crippen LogP contribution in [0.4, 0.5) is 0 Å². The Morgan fingerprint density at radius 2 is 2.00 bits per heavy atom. The van der Waals surface area contributed by atoms with Crippen molar-refractivity contribution in [3.63, 3.8) is 0 Å². The molecule has 6 heteroatoms. The van der Waals surface area contributed by atoms with Gasteiger partial charge in [-0.05, 0) is 36.6 Å². The van der Waals surface area contributed by atoms with Crippen LogP contribution < -0.4 is 5.14 Å². The molecular formula is C19H19N3O2S. The molecule has 2 aromatic carbocycles. The lowest BCUT2D eigenvalue weighted by Gasteiger charge is -2.18. The van der Waals surface area contributed by atoms with Gasteiger partial charge in [-0.2, -0.15) is 5.26 Å². The summed E-state index contributed by atoms with van der Waals surface area (Å²) in [5, 5.41) is 15.7. The number of aromatic nitrogens is 1. The van der Waals surface area contributed by atoms with Crippen molar-refractivity contribution in [3.05, 3.63) is 65.4 Å². The number of nitrogens with zero attached hydrogens (tertiary/aromatic N) is 1. The molecule has 5 nitrogen and oxygen atoms in total. The van der Waals surface area contributed by atoms with E-state index in [1.54, 1.807) is 6.07 Å². The first-order valence-electron chi connectivity index (χ1n) is 7.95. The molecule has 3 rings (SSSR count). The fourth-order valence-electron chi connectivity index (χ4n) is 3.21. The fourth-order valence-corrected chi connectivity index (χ4v) is 4.03. The summed E-state index contributed by atoms with van der Waals surface area (Å²) in [6, 6.07) is 15.2. The van der Waals surface area contributed by atoms with Crippen molar-refractivity contribution in [2.45, 2.75) is 30.6 Å².